The van der Waals surface area contributed by atoms with E-state index in [4.69, 9.17) is 19.2 Å². The summed E-state index contributed by atoms with van der Waals surface area (Å²) in [7, 11) is 0. The Balaban J connectivity index is 0.760. The number of aromatic nitrogens is 3. The van der Waals surface area contributed by atoms with Crippen molar-refractivity contribution in [2.24, 2.45) is 0 Å². The number of carbonyl (C=O) groups is 6. The number of aryl methyl sites for hydroxylation is 1. The number of pyridine rings is 3. The van der Waals surface area contributed by atoms with Crippen LogP contribution in [0.25, 0.3) is 10.9 Å². The molecule has 5 heterocycles. The van der Waals surface area contributed by atoms with Crippen molar-refractivity contribution in [2.45, 2.75) is 95.5 Å². The lowest BCUT2D eigenvalue weighted by Gasteiger charge is -2.29. The second-order valence-corrected chi connectivity index (χ2v) is 16.5. The monoisotopic (exact) mass is 865 g/mol. The Morgan fingerprint density at radius 2 is 1.78 bits per heavy atom. The minimum absolute atomic E-state index is 0.0525. The number of benzene rings is 1. The van der Waals surface area contributed by atoms with E-state index in [1.807, 2.05) is 24.3 Å². The van der Waals surface area contributed by atoms with Crippen molar-refractivity contribution in [1.82, 2.24) is 30.5 Å². The Hall–Kier alpha value is -6.04. The van der Waals surface area contributed by atoms with E-state index in [9.17, 15) is 28.8 Å². The molecule has 1 saturated heterocycles. The van der Waals surface area contributed by atoms with E-state index in [-0.39, 0.29) is 75.0 Å². The van der Waals surface area contributed by atoms with Crippen molar-refractivity contribution in [2.75, 3.05) is 44.9 Å². The minimum Gasteiger partial charge on any atom is -0.382 e. The number of imide groups is 2. The summed E-state index contributed by atoms with van der Waals surface area (Å²) in [5.74, 6) is -2.83. The molecule has 2 fully saturated rings. The van der Waals surface area contributed by atoms with Crippen LogP contribution in [0.4, 0.5) is 10.1 Å². The number of ketones is 1. The van der Waals surface area contributed by atoms with Gasteiger partial charge in [-0.15, -0.1) is 0 Å². The molecule has 5 amide bonds. The fourth-order valence-electron chi connectivity index (χ4n) is 7.55. The minimum atomic E-state index is -1.52. The number of ether oxygens (including phenoxy) is 3. The van der Waals surface area contributed by atoms with Crippen molar-refractivity contribution in [3.8, 4) is 0 Å². The predicted octanol–water partition coefficient (Wildman–Crippen LogP) is 4.47. The fourth-order valence-corrected chi connectivity index (χ4v) is 7.55. The third-order valence-electron chi connectivity index (χ3n) is 11.3. The number of hydrogen-bond acceptors (Lipinski definition) is 13. The Kier molecular flexibility index (Phi) is 14.6. The van der Waals surface area contributed by atoms with Crippen molar-refractivity contribution in [1.29, 1.82) is 0 Å². The number of piperidine rings is 1. The number of fused-ring (bicyclic) bond motifs is 2. The fraction of sp³-hybridized carbons (Fsp3) is 0.457. The van der Waals surface area contributed by atoms with Gasteiger partial charge in [0, 0.05) is 79.5 Å². The molecular weight excluding hydrogens is 814 g/mol. The third-order valence-corrected chi connectivity index (χ3v) is 11.3. The molecule has 3 aromatic heterocycles. The maximum atomic E-state index is 15.5. The quantitative estimate of drug-likeness (QED) is 0.0535. The molecule has 2 atom stereocenters. The number of alkyl halides is 1. The highest BCUT2D eigenvalue weighted by atomic mass is 19.1. The average Bonchev–Trinajstić information content (AvgIpc) is 4.05. The zero-order chi connectivity index (χ0) is 44.5. The summed E-state index contributed by atoms with van der Waals surface area (Å²) < 4.78 is 32.4. The first-order valence-corrected chi connectivity index (χ1v) is 21.4. The summed E-state index contributed by atoms with van der Waals surface area (Å²) in [5, 5.41) is 9.27. The van der Waals surface area contributed by atoms with Crippen molar-refractivity contribution in [3.63, 3.8) is 0 Å². The molecule has 17 heteroatoms. The van der Waals surface area contributed by atoms with E-state index in [0.29, 0.717) is 49.3 Å². The molecule has 0 spiro atoms. The smallest absolute Gasteiger partial charge is 0.262 e. The van der Waals surface area contributed by atoms with E-state index in [2.05, 4.69) is 25.9 Å². The van der Waals surface area contributed by atoms with Crippen LogP contribution in [0.1, 0.15) is 107 Å². The second kappa shape index (κ2) is 20.4. The molecule has 332 valence electrons. The number of hydrogen-bond donors (Lipinski definition) is 3. The maximum Gasteiger partial charge on any atom is 0.262 e. The molecular formula is C46H52FN7O9. The average molecular weight is 866 g/mol. The molecule has 3 aliphatic rings. The second-order valence-electron chi connectivity index (χ2n) is 16.5. The molecule has 1 saturated carbocycles. The van der Waals surface area contributed by atoms with E-state index in [0.717, 1.165) is 40.0 Å². The molecule has 2 aliphatic heterocycles. The van der Waals surface area contributed by atoms with Crippen molar-refractivity contribution in [3.05, 3.63) is 94.7 Å². The first kappa shape index (κ1) is 45.0. The number of carbonyl (C=O) groups excluding carboxylic acids is 6. The molecule has 1 aliphatic carbocycles. The van der Waals surface area contributed by atoms with Crippen LogP contribution in [0.15, 0.2) is 61.1 Å². The maximum absolute atomic E-state index is 15.5. The van der Waals surface area contributed by atoms with Gasteiger partial charge in [0.15, 0.2) is 5.78 Å². The number of rotatable bonds is 23. The van der Waals surface area contributed by atoms with Crippen LogP contribution in [0, 0.1) is 0 Å². The normalized spacial score (nSPS) is 16.9. The summed E-state index contributed by atoms with van der Waals surface area (Å²) >= 11 is 0. The van der Waals surface area contributed by atoms with Crippen LogP contribution >= 0.6 is 0 Å². The van der Waals surface area contributed by atoms with Crippen molar-refractivity contribution < 1.29 is 47.4 Å². The Bertz CT molecular complexity index is 2370. The van der Waals surface area contributed by atoms with Crippen molar-refractivity contribution >= 4 is 51.9 Å². The summed E-state index contributed by atoms with van der Waals surface area (Å²) in [6.45, 7) is 4.09. The zero-order valence-corrected chi connectivity index (χ0v) is 35.5. The van der Waals surface area contributed by atoms with E-state index >= 15 is 4.39 Å². The van der Waals surface area contributed by atoms with Gasteiger partial charge in [0.05, 0.1) is 47.6 Å². The van der Waals surface area contributed by atoms with Crippen LogP contribution in [0.5, 0.6) is 0 Å². The molecule has 3 N–H and O–H groups in total. The molecule has 7 rings (SSSR count). The van der Waals surface area contributed by atoms with E-state index in [1.165, 1.54) is 0 Å². The number of amides is 5. The molecule has 63 heavy (non-hydrogen) atoms. The third kappa shape index (κ3) is 11.5. The standard InChI is InChI=1S/C46H52FN7O9/c1-46(2,39(47)14-13-38(55)34-26-50-32(24-36(34)51-30-10-11-30)23-31-9-8-29-25-48-17-16-35(29)52-31)63-27-41(57)49-18-20-62-22-21-61-19-4-6-28-5-3-7-33-42(28)45(60)54(44(33)59)37-12-15-40(56)53-43(37)58/h3,5,7-9,16-17,24-26,30,37,39H,4,6,10-15,18-23,27H2,1-2H3,(H,49,57)(H,50,51)(H,53,56,58). The van der Waals surface area contributed by atoms with Gasteiger partial charge in [-0.25, -0.2) is 4.39 Å². The van der Waals surface area contributed by atoms with Gasteiger partial charge in [-0.3, -0.25) is 53.9 Å². The number of Topliss-reactive ketones (excluding diaryl/α,β-unsaturated/α-hetero) is 1. The summed E-state index contributed by atoms with van der Waals surface area (Å²) in [6, 6.07) is 11.9. The number of anilines is 1. The lowest BCUT2D eigenvalue weighted by molar-refractivity contribution is -0.137. The lowest BCUT2D eigenvalue weighted by atomic mass is 9.95. The van der Waals surface area contributed by atoms with E-state index < -0.39 is 47.4 Å². The van der Waals surface area contributed by atoms with Crippen LogP contribution < -0.4 is 16.0 Å². The summed E-state index contributed by atoms with van der Waals surface area (Å²) in [4.78, 5) is 90.5. The van der Waals surface area contributed by atoms with Gasteiger partial charge < -0.3 is 24.8 Å². The van der Waals surface area contributed by atoms with Crippen LogP contribution in [-0.4, -0.2) is 119 Å². The number of nitrogens with zero attached hydrogens (tertiary/aromatic N) is 4. The molecule has 1 aromatic carbocycles. The van der Waals surface area contributed by atoms with Gasteiger partial charge in [-0.2, -0.15) is 0 Å². The molecule has 0 radical (unpaired) electrons. The molecule has 2 unspecified atom stereocenters. The van der Waals surface area contributed by atoms with Gasteiger partial charge >= 0.3 is 0 Å². The highest BCUT2D eigenvalue weighted by molar-refractivity contribution is 6.24. The van der Waals surface area contributed by atoms with Gasteiger partial charge in [-0.1, -0.05) is 12.1 Å². The van der Waals surface area contributed by atoms with Gasteiger partial charge in [0.1, 0.15) is 18.8 Å². The largest absolute Gasteiger partial charge is 0.382 e. The van der Waals surface area contributed by atoms with Gasteiger partial charge in [0.25, 0.3) is 11.8 Å². The van der Waals surface area contributed by atoms with E-state index in [1.54, 1.807) is 50.6 Å². The molecule has 16 nitrogen and oxygen atoms in total. The van der Waals surface area contributed by atoms with Crippen LogP contribution in [0.2, 0.25) is 0 Å². The predicted molar refractivity (Wildman–Crippen MR) is 228 cm³/mol. The SMILES string of the molecule is CC(C)(OCC(=O)NCCOCCOCCCc1cccc2c1C(=O)N(C1CCC(=O)NC1=O)C2=O)C(F)CCC(=O)c1cnc(Cc2ccc3cnccc3n2)cc1NC1CC1. The zero-order valence-electron chi connectivity index (χ0n) is 35.5. The molecule has 4 aromatic rings. The highest BCUT2D eigenvalue weighted by Gasteiger charge is 2.45. The Morgan fingerprint density at radius 3 is 2.57 bits per heavy atom. The van der Waals surface area contributed by atoms with Gasteiger partial charge in [0.2, 0.25) is 17.7 Å². The Labute approximate surface area is 364 Å². The number of halogens is 1. The molecule has 0 bridgehead atoms. The van der Waals surface area contributed by atoms with Crippen LogP contribution in [-0.2, 0) is 41.4 Å². The first-order valence-electron chi connectivity index (χ1n) is 21.4. The van der Waals surface area contributed by atoms with Crippen LogP contribution in [0.3, 0.4) is 0 Å². The first-order chi connectivity index (χ1) is 30.4. The Morgan fingerprint density at radius 1 is 0.968 bits per heavy atom. The number of nitrogens with one attached hydrogen (secondary N) is 3. The van der Waals surface area contributed by atoms with Gasteiger partial charge in [-0.05, 0) is 88.3 Å². The highest BCUT2D eigenvalue weighted by Crippen LogP contribution is 2.32. The summed E-state index contributed by atoms with van der Waals surface area (Å²) in [5.41, 5.74) is 3.41. The lowest BCUT2D eigenvalue weighted by Crippen LogP contribution is -2.54. The topological polar surface area (TPSA) is 208 Å². The summed E-state index contributed by atoms with van der Waals surface area (Å²) in [6.07, 6.45) is 7.02.